The van der Waals surface area contributed by atoms with Crippen molar-refractivity contribution in [3.05, 3.63) is 42.7 Å². The Bertz CT molecular complexity index is 777. The molecule has 0 amide bonds. The van der Waals surface area contributed by atoms with Crippen molar-refractivity contribution in [1.29, 1.82) is 0 Å². The molecule has 3 rings (SSSR count). The largest absolute Gasteiger partial charge is 0.469 e. The van der Waals surface area contributed by atoms with Gasteiger partial charge in [0.1, 0.15) is 18.7 Å². The summed E-state index contributed by atoms with van der Waals surface area (Å²) in [6, 6.07) is 3.12. The fourth-order valence-corrected chi connectivity index (χ4v) is 3.24. The molecule has 1 N–H and O–H groups in total. The first-order valence-corrected chi connectivity index (χ1v) is 11.7. The summed E-state index contributed by atoms with van der Waals surface area (Å²) in [6.07, 6.45) is 7.44. The van der Waals surface area contributed by atoms with Crippen molar-refractivity contribution < 1.29 is 14.6 Å². The molecule has 2 aromatic rings. The second-order valence-electron chi connectivity index (χ2n) is 7.04. The molecule has 1 aliphatic heterocycles. The van der Waals surface area contributed by atoms with E-state index in [0.717, 1.165) is 35.0 Å². The van der Waals surface area contributed by atoms with Crippen LogP contribution in [-0.2, 0) is 16.2 Å². The molecule has 0 bridgehead atoms. The van der Waals surface area contributed by atoms with Crippen molar-refractivity contribution in [3.63, 3.8) is 0 Å². The van der Waals surface area contributed by atoms with Crippen LogP contribution in [0.3, 0.4) is 0 Å². The van der Waals surface area contributed by atoms with Gasteiger partial charge in [-0.05, 0) is 24.3 Å². The predicted octanol–water partition coefficient (Wildman–Crippen LogP) is 2.99. The quantitative estimate of drug-likeness (QED) is 0.644. The maximum Gasteiger partial charge on any atom is 0.217 e. The van der Waals surface area contributed by atoms with Crippen LogP contribution in [0.15, 0.2) is 37.0 Å². The number of aliphatic hydroxyl groups is 1. The van der Waals surface area contributed by atoms with Crippen molar-refractivity contribution in [2.45, 2.75) is 38.7 Å². The van der Waals surface area contributed by atoms with E-state index < -0.39 is 14.4 Å². The van der Waals surface area contributed by atoms with E-state index in [1.165, 1.54) is 12.6 Å². The van der Waals surface area contributed by atoms with Gasteiger partial charge in [0.25, 0.3) is 0 Å². The van der Waals surface area contributed by atoms with Crippen molar-refractivity contribution in [2.75, 3.05) is 6.61 Å². The fourth-order valence-electron chi connectivity index (χ4n) is 2.48. The predicted molar refractivity (Wildman–Crippen MR) is 95.8 cm³/mol. The van der Waals surface area contributed by atoms with Gasteiger partial charge in [0, 0.05) is 31.8 Å². The zero-order chi connectivity index (χ0) is 17.2. The van der Waals surface area contributed by atoms with E-state index in [9.17, 15) is 5.11 Å². The average molecular weight is 345 g/mol. The van der Waals surface area contributed by atoms with E-state index in [1.54, 1.807) is 12.2 Å². The van der Waals surface area contributed by atoms with E-state index in [1.807, 2.05) is 16.8 Å². The first kappa shape index (κ1) is 16.9. The SMILES string of the molecule is C[Si](C)(C)CCOCn1ccc2c(C3=CC(O)OC=C3)ncnc21. The van der Waals surface area contributed by atoms with Crippen molar-refractivity contribution in [2.24, 2.45) is 0 Å². The Labute approximate surface area is 142 Å². The van der Waals surface area contributed by atoms with Crippen LogP contribution in [0.5, 0.6) is 0 Å². The molecular formula is C17H23N3O3Si. The third-order valence-corrected chi connectivity index (χ3v) is 5.55. The van der Waals surface area contributed by atoms with Crippen LogP contribution in [0.1, 0.15) is 5.69 Å². The molecule has 128 valence electrons. The number of allylic oxidation sites excluding steroid dienone is 2. The molecule has 1 aliphatic rings. The molecule has 3 heterocycles. The van der Waals surface area contributed by atoms with Crippen LogP contribution in [0.4, 0.5) is 0 Å². The molecule has 2 aromatic heterocycles. The van der Waals surface area contributed by atoms with Gasteiger partial charge in [-0.1, -0.05) is 19.6 Å². The van der Waals surface area contributed by atoms with Gasteiger partial charge in [-0.2, -0.15) is 0 Å². The molecule has 0 fully saturated rings. The molecule has 1 unspecified atom stereocenters. The van der Waals surface area contributed by atoms with Gasteiger partial charge in [0.05, 0.1) is 12.0 Å². The Kier molecular flexibility index (Phi) is 4.84. The molecule has 24 heavy (non-hydrogen) atoms. The first-order chi connectivity index (χ1) is 11.4. The Morgan fingerprint density at radius 3 is 2.92 bits per heavy atom. The fraction of sp³-hybridized carbons (Fsp3) is 0.412. The van der Waals surface area contributed by atoms with Gasteiger partial charge >= 0.3 is 0 Å². The van der Waals surface area contributed by atoms with Crippen LogP contribution >= 0.6 is 0 Å². The summed E-state index contributed by atoms with van der Waals surface area (Å²) < 4.78 is 12.8. The minimum atomic E-state index is -1.08. The Morgan fingerprint density at radius 2 is 2.17 bits per heavy atom. The van der Waals surface area contributed by atoms with E-state index in [0.29, 0.717) is 6.73 Å². The number of rotatable bonds is 6. The van der Waals surface area contributed by atoms with Crippen LogP contribution < -0.4 is 0 Å². The normalized spacial score (nSPS) is 17.8. The van der Waals surface area contributed by atoms with E-state index in [4.69, 9.17) is 9.47 Å². The van der Waals surface area contributed by atoms with Gasteiger partial charge in [0.2, 0.25) is 6.29 Å². The van der Waals surface area contributed by atoms with Crippen molar-refractivity contribution >= 4 is 24.7 Å². The topological polar surface area (TPSA) is 69.4 Å². The summed E-state index contributed by atoms with van der Waals surface area (Å²) >= 11 is 0. The van der Waals surface area contributed by atoms with Crippen LogP contribution in [0.2, 0.25) is 25.7 Å². The number of aromatic nitrogens is 3. The highest BCUT2D eigenvalue weighted by Gasteiger charge is 2.15. The lowest BCUT2D eigenvalue weighted by Crippen LogP contribution is -2.22. The van der Waals surface area contributed by atoms with Gasteiger partial charge < -0.3 is 19.1 Å². The van der Waals surface area contributed by atoms with Gasteiger partial charge in [-0.3, -0.25) is 0 Å². The van der Waals surface area contributed by atoms with Gasteiger partial charge in [0.15, 0.2) is 0 Å². The van der Waals surface area contributed by atoms with Gasteiger partial charge in [-0.15, -0.1) is 0 Å². The van der Waals surface area contributed by atoms with E-state index in [-0.39, 0.29) is 0 Å². The number of ether oxygens (including phenoxy) is 2. The lowest BCUT2D eigenvalue weighted by Gasteiger charge is -2.16. The summed E-state index contributed by atoms with van der Waals surface area (Å²) in [5.41, 5.74) is 2.42. The molecule has 0 spiro atoms. The summed E-state index contributed by atoms with van der Waals surface area (Å²) in [4.78, 5) is 8.74. The molecule has 0 aliphatic carbocycles. The second-order valence-corrected chi connectivity index (χ2v) is 12.7. The third kappa shape index (κ3) is 3.92. The molecule has 0 radical (unpaired) electrons. The maximum atomic E-state index is 9.61. The highest BCUT2D eigenvalue weighted by atomic mass is 28.3. The van der Waals surface area contributed by atoms with Crippen molar-refractivity contribution in [3.8, 4) is 0 Å². The lowest BCUT2D eigenvalue weighted by atomic mass is 10.1. The number of hydrogen-bond acceptors (Lipinski definition) is 5. The molecule has 0 saturated heterocycles. The van der Waals surface area contributed by atoms with Crippen molar-refractivity contribution in [1.82, 2.24) is 14.5 Å². The molecule has 0 saturated carbocycles. The number of hydrogen-bond donors (Lipinski definition) is 1. The zero-order valence-corrected chi connectivity index (χ0v) is 15.3. The lowest BCUT2D eigenvalue weighted by molar-refractivity contribution is -0.0125. The molecule has 1 atom stereocenters. The minimum Gasteiger partial charge on any atom is -0.469 e. The summed E-state index contributed by atoms with van der Waals surface area (Å²) in [6.45, 7) is 8.26. The highest BCUT2D eigenvalue weighted by Crippen LogP contribution is 2.26. The smallest absolute Gasteiger partial charge is 0.217 e. The summed E-state index contributed by atoms with van der Waals surface area (Å²) in [5.74, 6) is 0. The summed E-state index contributed by atoms with van der Waals surface area (Å²) in [7, 11) is -1.08. The van der Waals surface area contributed by atoms with E-state index >= 15 is 0 Å². The number of fused-ring (bicyclic) bond motifs is 1. The minimum absolute atomic E-state index is 0.477. The second kappa shape index (κ2) is 6.88. The molecule has 7 heteroatoms. The Balaban J connectivity index is 1.78. The molecular weight excluding hydrogens is 322 g/mol. The number of nitrogens with zero attached hydrogens (tertiary/aromatic N) is 3. The van der Waals surface area contributed by atoms with Gasteiger partial charge in [-0.25, -0.2) is 9.97 Å². The average Bonchev–Trinajstić information content (AvgIpc) is 2.94. The van der Waals surface area contributed by atoms with Crippen LogP contribution in [0.25, 0.3) is 16.6 Å². The van der Waals surface area contributed by atoms with E-state index in [2.05, 4.69) is 29.6 Å². The Hall–Kier alpha value is -1.96. The standard InChI is InChI=1S/C17H23N3O3Si/c1-24(2,3)9-8-22-12-20-6-4-14-16(18-11-19-17(14)20)13-5-7-23-15(21)10-13/h4-7,10-11,15,21H,8-9,12H2,1-3H3. The van der Waals surface area contributed by atoms with Crippen LogP contribution in [-0.4, -0.2) is 40.6 Å². The molecule has 6 nitrogen and oxygen atoms in total. The first-order valence-electron chi connectivity index (χ1n) is 8.04. The highest BCUT2D eigenvalue weighted by molar-refractivity contribution is 6.76. The summed E-state index contributed by atoms with van der Waals surface area (Å²) in [5, 5.41) is 10.5. The molecule has 0 aromatic carbocycles. The zero-order valence-electron chi connectivity index (χ0n) is 14.3. The number of aliphatic hydroxyl groups excluding tert-OH is 1. The monoisotopic (exact) mass is 345 g/mol. The maximum absolute atomic E-state index is 9.61. The Morgan fingerprint density at radius 1 is 1.33 bits per heavy atom. The van der Waals surface area contributed by atoms with Crippen LogP contribution in [0, 0.1) is 0 Å². The third-order valence-electron chi connectivity index (χ3n) is 3.84.